The number of rotatable bonds is 12. The van der Waals surface area contributed by atoms with Gasteiger partial charge in [0.15, 0.2) is 27.8 Å². The molecule has 12 fully saturated rings. The van der Waals surface area contributed by atoms with Gasteiger partial charge >= 0.3 is 30.9 Å². The van der Waals surface area contributed by atoms with Crippen molar-refractivity contribution in [1.29, 1.82) is 0 Å². The third kappa shape index (κ3) is 29.2. The van der Waals surface area contributed by atoms with E-state index >= 15 is 0 Å². The molecule has 0 radical (unpaired) electrons. The van der Waals surface area contributed by atoms with Crippen molar-refractivity contribution in [3.63, 3.8) is 0 Å². The molecule has 0 aromatic rings. The first-order valence-electron chi connectivity index (χ1n) is 35.1. The lowest BCUT2D eigenvalue weighted by Gasteiger charge is -2.41. The van der Waals surface area contributed by atoms with Crippen molar-refractivity contribution in [3.8, 4) is 0 Å². The van der Waals surface area contributed by atoms with Crippen LogP contribution < -0.4 is 0 Å². The van der Waals surface area contributed by atoms with Crippen LogP contribution in [0.4, 0.5) is 65.9 Å². The zero-order chi connectivity index (χ0) is 73.5. The SMILES string of the molecule is C.C.C.C.C.C.C.C.CC(O)(CC1CC2CC1C1C3CCC(C3)C21)C(F)(F)F.CC(O)(CC1CC2CCC1C2)C(F)(F)F.CO[Si](C)(C)C.CO[Si](C)(C)C.CO[Si](C)(C)Cl.CO[Si](C)(C)Cl.OC(CC1CC2CC1C1C3CCC(C3)C21)C(F)(F)F.OC(CC1CC2CCC1C2)(C(F)(F)F)C(F)(F)F. The van der Waals surface area contributed by atoms with Gasteiger partial charge in [0, 0.05) is 28.4 Å². The highest BCUT2D eigenvalue weighted by Gasteiger charge is 2.71. The Bertz CT molecular complexity index is 2330. The summed E-state index contributed by atoms with van der Waals surface area (Å²) < 4.78 is 209. The van der Waals surface area contributed by atoms with Crippen LogP contribution in [0.1, 0.15) is 215 Å². The molecule has 0 aliphatic heterocycles. The predicted octanol–water partition coefficient (Wildman–Crippen LogP) is 25.6. The fourth-order valence-corrected chi connectivity index (χ4v) is 19.6. The fraction of sp³-hybridized carbons (Fsp3) is 1.00. The smallest absolute Gasteiger partial charge is 0.421 e. The maximum absolute atomic E-state index is 12.9. The summed E-state index contributed by atoms with van der Waals surface area (Å²) >= 11 is 11.3. The number of hydrogen-bond acceptors (Lipinski definition) is 8. The molecule has 0 heterocycles. The van der Waals surface area contributed by atoms with Gasteiger partial charge in [0.1, 0.15) is 6.10 Å². The van der Waals surface area contributed by atoms with Gasteiger partial charge in [-0.3, -0.25) is 0 Å². The summed E-state index contributed by atoms with van der Waals surface area (Å²) in [6.45, 7) is 22.5. The first-order chi connectivity index (χ1) is 43.3. The molecule has 23 unspecified atom stereocenters. The topological polar surface area (TPSA) is 118 Å². The lowest BCUT2D eigenvalue weighted by Crippen LogP contribution is -2.58. The van der Waals surface area contributed by atoms with E-state index in [9.17, 15) is 81.2 Å². The van der Waals surface area contributed by atoms with Crippen LogP contribution in [-0.2, 0) is 17.7 Å². The second-order valence-electron chi connectivity index (χ2n) is 34.2. The molecule has 12 rings (SSSR count). The predicted molar refractivity (Wildman–Crippen MR) is 409 cm³/mol. The van der Waals surface area contributed by atoms with Crippen molar-refractivity contribution in [2.75, 3.05) is 28.4 Å². The van der Waals surface area contributed by atoms with E-state index in [4.69, 9.17) is 45.0 Å². The summed E-state index contributed by atoms with van der Waals surface area (Å²) in [5, 5.41) is 37.6. The number of hydrogen-bond donors (Lipinski definition) is 4. The van der Waals surface area contributed by atoms with E-state index < -0.39 is 98.0 Å². The molecular weight excluding hydrogens is 1500 g/mol. The minimum Gasteiger partial charge on any atom is -0.421 e. The van der Waals surface area contributed by atoms with Gasteiger partial charge in [-0.1, -0.05) is 72.3 Å². The third-order valence-electron chi connectivity index (χ3n) is 24.6. The van der Waals surface area contributed by atoms with Crippen molar-refractivity contribution >= 4 is 54.0 Å². The Balaban J connectivity index is -0.000000569. The van der Waals surface area contributed by atoms with Crippen molar-refractivity contribution < 1.29 is 104 Å². The summed E-state index contributed by atoms with van der Waals surface area (Å²) in [6, 6.07) is 0. The molecule has 8 nitrogen and oxygen atoms in total. The highest BCUT2D eigenvalue weighted by Crippen LogP contribution is 2.71. The molecule has 0 aromatic carbocycles. The molecule has 12 bridgehead atoms. The summed E-state index contributed by atoms with van der Waals surface area (Å²) in [4.78, 5) is 0. The highest BCUT2D eigenvalue weighted by molar-refractivity contribution is 7.15. The van der Waals surface area contributed by atoms with Gasteiger partial charge < -0.3 is 38.1 Å². The molecule has 0 aromatic heterocycles. The van der Waals surface area contributed by atoms with Gasteiger partial charge in [0.05, 0.1) is 0 Å². The highest BCUT2D eigenvalue weighted by atomic mass is 35.6. The van der Waals surface area contributed by atoms with Crippen LogP contribution in [0.3, 0.4) is 0 Å². The Hall–Kier alpha value is 0.0775. The molecule has 4 N–H and O–H groups in total. The number of alkyl halides is 15. The maximum atomic E-state index is 12.9. The van der Waals surface area contributed by atoms with Crippen LogP contribution >= 0.6 is 22.2 Å². The van der Waals surface area contributed by atoms with E-state index in [-0.39, 0.29) is 108 Å². The van der Waals surface area contributed by atoms with E-state index in [0.29, 0.717) is 66.6 Å². The molecular formula is C75H149Cl2F15O8Si4. The Kier molecular flexibility index (Phi) is 43.9. The zero-order valence-electron chi connectivity index (χ0n) is 59.5. The summed E-state index contributed by atoms with van der Waals surface area (Å²) in [5.41, 5.74) is -9.56. The van der Waals surface area contributed by atoms with Crippen LogP contribution in [0, 0.1) is 118 Å². The molecule has 12 aliphatic rings. The van der Waals surface area contributed by atoms with Gasteiger partial charge in [0.25, 0.3) is 20.9 Å². The first kappa shape index (κ1) is 110. The number of fused-ring (bicyclic) bond motifs is 22. The average molecular weight is 1650 g/mol. The Labute approximate surface area is 635 Å². The normalized spacial score (nSPS) is 33.9. The summed E-state index contributed by atoms with van der Waals surface area (Å²) in [7, 11) is 1.24. The van der Waals surface area contributed by atoms with Gasteiger partial charge in [0.2, 0.25) is 0 Å². The second-order valence-corrected chi connectivity index (χ2v) is 55.2. The molecule has 0 amide bonds. The molecule has 0 saturated heterocycles. The molecule has 23 atom stereocenters. The van der Waals surface area contributed by atoms with E-state index in [1.165, 1.54) is 44.9 Å². The minimum atomic E-state index is -5.67. The van der Waals surface area contributed by atoms with Gasteiger partial charge in [-0.2, -0.15) is 65.9 Å². The van der Waals surface area contributed by atoms with Crippen LogP contribution in [0.25, 0.3) is 0 Å². The quantitative estimate of drug-likeness (QED) is 0.0661. The number of halogens is 17. The Morgan fingerprint density at radius 1 is 0.346 bits per heavy atom. The Morgan fingerprint density at radius 2 is 0.615 bits per heavy atom. The van der Waals surface area contributed by atoms with Crippen LogP contribution in [0.5, 0.6) is 0 Å². The van der Waals surface area contributed by atoms with Crippen molar-refractivity contribution in [1.82, 2.24) is 0 Å². The fourth-order valence-electron chi connectivity index (χ4n) is 19.6. The van der Waals surface area contributed by atoms with Gasteiger partial charge in [-0.25, -0.2) is 0 Å². The van der Waals surface area contributed by atoms with Crippen LogP contribution in [-0.4, -0.2) is 135 Å². The number of aliphatic hydroxyl groups excluding tert-OH is 1. The average Bonchev–Trinajstić information content (AvgIpc) is 1.55. The largest absolute Gasteiger partial charge is 0.426 e. The Morgan fingerprint density at radius 3 is 0.865 bits per heavy atom. The summed E-state index contributed by atoms with van der Waals surface area (Å²) in [6.07, 6.45) is -9.33. The molecule has 12 aliphatic carbocycles. The van der Waals surface area contributed by atoms with E-state index in [1.54, 1.807) is 28.4 Å². The van der Waals surface area contributed by atoms with Gasteiger partial charge in [-0.05, 0) is 326 Å². The molecule has 29 heteroatoms. The summed E-state index contributed by atoms with van der Waals surface area (Å²) in [5.74, 6) is 9.57. The van der Waals surface area contributed by atoms with E-state index in [0.717, 1.165) is 101 Å². The first-order valence-corrected chi connectivity index (χ1v) is 49.7. The van der Waals surface area contributed by atoms with Crippen molar-refractivity contribution in [3.05, 3.63) is 0 Å². The maximum Gasteiger partial charge on any atom is 0.426 e. The second kappa shape index (κ2) is 41.4. The molecule has 0 spiro atoms. The monoisotopic (exact) mass is 1640 g/mol. The standard InChI is InChI=1S/C16H23F3O.C15H21F3O.C11H14F6O.C11H17F3O.2C4H12OSi.2C3H9ClOSi.8CH4/c1-15(20,16(17,18)19)7-11-5-10-6-12(11)14-9-3-2-8(4-9)13(10)14;16-15(17,18)12(19)6-9-4-10-5-11(9)14-8-2-1-7(3-8)13(10)14;12-10(13,14)9(18,11(15,16)17)5-8-4-6-1-2-7(8)3-6;1-10(15,11(12,13)14)6-9-5-7-2-3-8(9)4-7;4*1-5-6(2,3)4;;;;;;;;/h8-14,20H,2-7H2,1H3;7-14,19H,1-6H2;6-8,18H,1-5H2;7-9,15H,2-6H2,1H3;2*1-4H3;2*1-3H3;8*1H4. The van der Waals surface area contributed by atoms with Crippen molar-refractivity contribution in [2.45, 2.75) is 334 Å². The lowest BCUT2D eigenvalue weighted by atomic mass is 9.66. The molecule has 104 heavy (non-hydrogen) atoms. The number of aliphatic hydroxyl groups is 4. The minimum absolute atomic E-state index is 0. The third-order valence-corrected chi connectivity index (χ3v) is 30.0. The van der Waals surface area contributed by atoms with Crippen LogP contribution in [0.2, 0.25) is 65.5 Å². The lowest BCUT2D eigenvalue weighted by molar-refractivity contribution is -0.373. The van der Waals surface area contributed by atoms with Crippen molar-refractivity contribution in [2.24, 2.45) is 118 Å². The van der Waals surface area contributed by atoms with E-state index in [1.807, 2.05) is 26.2 Å². The zero-order valence-corrected chi connectivity index (χ0v) is 65.0. The molecule has 632 valence electrons. The van der Waals surface area contributed by atoms with E-state index in [2.05, 4.69) is 39.3 Å². The van der Waals surface area contributed by atoms with Gasteiger partial charge in [-0.15, -0.1) is 22.2 Å². The molecule has 12 saturated carbocycles. The van der Waals surface area contributed by atoms with Crippen LogP contribution in [0.15, 0.2) is 0 Å².